The van der Waals surface area contributed by atoms with Crippen molar-refractivity contribution in [2.45, 2.75) is 6.54 Å². The zero-order valence-corrected chi connectivity index (χ0v) is 13.0. The molecule has 0 fully saturated rings. The molecule has 2 aromatic carbocycles. The second-order valence-electron chi connectivity index (χ2n) is 4.01. The van der Waals surface area contributed by atoms with Gasteiger partial charge in [-0.25, -0.2) is 13.2 Å². The molecule has 2 aromatic rings. The lowest BCUT2D eigenvalue weighted by atomic mass is 10.2. The van der Waals surface area contributed by atoms with Crippen LogP contribution in [-0.2, 0) is 6.54 Å². The number of nitrogens with one attached hydrogen (secondary N) is 1. The van der Waals surface area contributed by atoms with Crippen molar-refractivity contribution in [1.82, 2.24) is 0 Å². The summed E-state index contributed by atoms with van der Waals surface area (Å²) in [5, 5.41) is 12.2. The molecule has 0 aliphatic rings. The van der Waals surface area contributed by atoms with Gasteiger partial charge < -0.3 is 10.4 Å². The molecule has 0 atom stereocenters. The number of hydrogen-bond acceptors (Lipinski definition) is 2. The fourth-order valence-electron chi connectivity index (χ4n) is 1.58. The van der Waals surface area contributed by atoms with E-state index >= 15 is 0 Å². The van der Waals surface area contributed by atoms with E-state index in [4.69, 9.17) is 0 Å². The molecule has 106 valence electrons. The Kier molecular flexibility index (Phi) is 4.59. The Morgan fingerprint density at radius 1 is 0.900 bits per heavy atom. The molecular weight excluding hydrogens is 403 g/mol. The highest BCUT2D eigenvalue weighted by molar-refractivity contribution is 9.11. The van der Waals surface area contributed by atoms with Crippen molar-refractivity contribution in [3.8, 4) is 5.75 Å². The summed E-state index contributed by atoms with van der Waals surface area (Å²) in [5.74, 6) is -3.18. The highest BCUT2D eigenvalue weighted by atomic mass is 79.9. The number of rotatable bonds is 3. The summed E-state index contributed by atoms with van der Waals surface area (Å²) in [6.45, 7) is 0.180. The van der Waals surface area contributed by atoms with Crippen molar-refractivity contribution in [3.63, 3.8) is 0 Å². The third kappa shape index (κ3) is 3.27. The van der Waals surface area contributed by atoms with E-state index in [9.17, 15) is 18.3 Å². The van der Waals surface area contributed by atoms with E-state index in [1.54, 1.807) is 12.1 Å². The molecule has 0 saturated carbocycles. The van der Waals surface area contributed by atoms with Crippen molar-refractivity contribution in [2.24, 2.45) is 0 Å². The van der Waals surface area contributed by atoms with Crippen LogP contribution < -0.4 is 5.32 Å². The van der Waals surface area contributed by atoms with Crippen LogP contribution in [0.25, 0.3) is 0 Å². The van der Waals surface area contributed by atoms with Gasteiger partial charge in [-0.3, -0.25) is 0 Å². The van der Waals surface area contributed by atoms with E-state index in [1.165, 1.54) is 0 Å². The second-order valence-corrected chi connectivity index (χ2v) is 5.72. The number of benzene rings is 2. The minimum absolute atomic E-state index is 0.0488. The van der Waals surface area contributed by atoms with E-state index in [2.05, 4.69) is 37.2 Å². The molecule has 0 spiro atoms. The van der Waals surface area contributed by atoms with Gasteiger partial charge in [-0.15, -0.1) is 0 Å². The number of anilines is 1. The van der Waals surface area contributed by atoms with Crippen LogP contribution >= 0.6 is 31.9 Å². The van der Waals surface area contributed by atoms with E-state index in [1.807, 2.05) is 0 Å². The fourth-order valence-corrected chi connectivity index (χ4v) is 2.86. The number of hydrogen-bond donors (Lipinski definition) is 2. The molecule has 0 unspecified atom stereocenters. The molecule has 2 nitrogen and oxygen atoms in total. The first-order valence-electron chi connectivity index (χ1n) is 5.44. The maximum atomic E-state index is 13.4. The predicted octanol–water partition coefficient (Wildman–Crippen LogP) is 4.95. The van der Waals surface area contributed by atoms with Gasteiger partial charge in [-0.05, 0) is 49.6 Å². The van der Waals surface area contributed by atoms with Crippen molar-refractivity contribution < 1.29 is 18.3 Å². The lowest BCUT2D eigenvalue weighted by molar-refractivity contribution is 0.468. The smallest absolute Gasteiger partial charge is 0.161 e. The molecule has 0 amide bonds. The summed E-state index contributed by atoms with van der Waals surface area (Å²) < 4.78 is 40.2. The van der Waals surface area contributed by atoms with Gasteiger partial charge >= 0.3 is 0 Å². The summed E-state index contributed by atoms with van der Waals surface area (Å²) in [4.78, 5) is 0. The minimum atomic E-state index is -1.23. The Bertz CT molecular complexity index is 641. The largest absolute Gasteiger partial charge is 0.506 e. The van der Waals surface area contributed by atoms with Crippen molar-refractivity contribution >= 4 is 37.5 Å². The standard InChI is InChI=1S/C13H8Br2F3NO/c14-7-1-6(2-8(15)13(7)20)5-19-12-4-10(17)9(16)3-11(12)18/h1-4,19-20H,5H2. The third-order valence-corrected chi connectivity index (χ3v) is 3.78. The van der Waals surface area contributed by atoms with Gasteiger partial charge in [0.15, 0.2) is 11.6 Å². The molecule has 2 N–H and O–H groups in total. The van der Waals surface area contributed by atoms with Gasteiger partial charge in [0.1, 0.15) is 11.6 Å². The minimum Gasteiger partial charge on any atom is -0.506 e. The second kappa shape index (κ2) is 6.05. The molecule has 20 heavy (non-hydrogen) atoms. The molecule has 7 heteroatoms. The van der Waals surface area contributed by atoms with Crippen LogP contribution in [0.1, 0.15) is 5.56 Å². The summed E-state index contributed by atoms with van der Waals surface area (Å²) in [5.41, 5.74) is 0.579. The monoisotopic (exact) mass is 409 g/mol. The van der Waals surface area contributed by atoms with Crippen molar-refractivity contribution in [1.29, 1.82) is 0 Å². The van der Waals surface area contributed by atoms with Crippen LogP contribution in [0.4, 0.5) is 18.9 Å². The van der Waals surface area contributed by atoms with Crippen LogP contribution in [0.15, 0.2) is 33.2 Å². The molecule has 0 heterocycles. The number of phenolic OH excluding ortho intramolecular Hbond substituents is 1. The maximum Gasteiger partial charge on any atom is 0.161 e. The first-order chi connectivity index (χ1) is 9.38. The highest BCUT2D eigenvalue weighted by Gasteiger charge is 2.10. The van der Waals surface area contributed by atoms with Gasteiger partial charge in [-0.2, -0.15) is 0 Å². The normalized spacial score (nSPS) is 10.7. The summed E-state index contributed by atoms with van der Waals surface area (Å²) in [6.07, 6.45) is 0. The zero-order chi connectivity index (χ0) is 14.9. The topological polar surface area (TPSA) is 32.3 Å². The average Bonchev–Trinajstić information content (AvgIpc) is 2.38. The molecule has 0 aliphatic heterocycles. The van der Waals surface area contributed by atoms with E-state index in [0.717, 1.165) is 6.07 Å². The van der Waals surface area contributed by atoms with Gasteiger partial charge in [0.25, 0.3) is 0 Å². The maximum absolute atomic E-state index is 13.4. The SMILES string of the molecule is Oc1c(Br)cc(CNc2cc(F)c(F)cc2F)cc1Br. The summed E-state index contributed by atoms with van der Waals surface area (Å²) >= 11 is 6.33. The molecular formula is C13H8Br2F3NO. The first-order valence-corrected chi connectivity index (χ1v) is 7.02. The molecule has 0 aromatic heterocycles. The molecule has 0 aliphatic carbocycles. The van der Waals surface area contributed by atoms with Gasteiger partial charge in [-0.1, -0.05) is 0 Å². The lowest BCUT2D eigenvalue weighted by Crippen LogP contribution is -2.03. The van der Waals surface area contributed by atoms with Crippen LogP contribution in [-0.4, -0.2) is 5.11 Å². The molecule has 0 radical (unpaired) electrons. The number of phenols is 1. The quantitative estimate of drug-likeness (QED) is 0.702. The highest BCUT2D eigenvalue weighted by Crippen LogP contribution is 2.33. The van der Waals surface area contributed by atoms with Gasteiger partial charge in [0, 0.05) is 18.7 Å². The molecule has 0 bridgehead atoms. The summed E-state index contributed by atoms with van der Waals surface area (Å²) in [6, 6.07) is 4.51. The fraction of sp³-hybridized carbons (Fsp3) is 0.0769. The van der Waals surface area contributed by atoms with Crippen molar-refractivity contribution in [3.05, 3.63) is 56.2 Å². The van der Waals surface area contributed by atoms with E-state index in [0.29, 0.717) is 20.6 Å². The summed E-state index contributed by atoms with van der Waals surface area (Å²) in [7, 11) is 0. The van der Waals surface area contributed by atoms with Gasteiger partial charge in [0.2, 0.25) is 0 Å². The van der Waals surface area contributed by atoms with Crippen LogP contribution in [0.5, 0.6) is 5.75 Å². The Balaban J connectivity index is 2.19. The van der Waals surface area contributed by atoms with Crippen LogP contribution in [0.3, 0.4) is 0 Å². The Morgan fingerprint density at radius 2 is 1.45 bits per heavy atom. The average molecular weight is 411 g/mol. The van der Waals surface area contributed by atoms with Crippen molar-refractivity contribution in [2.75, 3.05) is 5.32 Å². The Morgan fingerprint density at radius 3 is 2.05 bits per heavy atom. The zero-order valence-electron chi connectivity index (χ0n) is 9.85. The lowest BCUT2D eigenvalue weighted by Gasteiger charge is -2.10. The van der Waals surface area contributed by atoms with Crippen LogP contribution in [0, 0.1) is 17.5 Å². The number of halogens is 5. The molecule has 0 saturated heterocycles. The molecule has 2 rings (SSSR count). The third-order valence-electron chi connectivity index (χ3n) is 2.57. The number of aromatic hydroxyl groups is 1. The Labute approximate surface area is 129 Å². The Hall–Kier alpha value is -1.21. The predicted molar refractivity (Wildman–Crippen MR) is 77.1 cm³/mol. The van der Waals surface area contributed by atoms with E-state index < -0.39 is 17.5 Å². The van der Waals surface area contributed by atoms with E-state index in [-0.39, 0.29) is 18.0 Å². The van der Waals surface area contributed by atoms with Gasteiger partial charge in [0.05, 0.1) is 14.6 Å². The first kappa shape index (κ1) is 15.2. The van der Waals surface area contributed by atoms with Crippen LogP contribution in [0.2, 0.25) is 0 Å².